The molecule has 0 atom stereocenters. The molecule has 0 saturated carbocycles. The van der Waals surface area contributed by atoms with Crippen LogP contribution in [0.2, 0.25) is 0 Å². The van der Waals surface area contributed by atoms with Gasteiger partial charge in [0.25, 0.3) is 0 Å². The molecule has 11 rings (SSSR count). The van der Waals surface area contributed by atoms with Crippen LogP contribution in [0.5, 0.6) is 0 Å². The molecular weight excluding hydrogens is 641 g/mol. The zero-order valence-electron chi connectivity index (χ0n) is 27.4. The maximum Gasteiger partial charge on any atom is 0.153 e. The second-order valence-corrected chi connectivity index (χ2v) is 14.1. The predicted molar refractivity (Wildman–Crippen MR) is 216 cm³/mol. The summed E-state index contributed by atoms with van der Waals surface area (Å²) >= 11 is 1.69. The monoisotopic (exact) mass is 668 g/mol. The largest absolute Gasteiger partial charge is 0.456 e. The lowest BCUT2D eigenvalue weighted by Gasteiger charge is -2.19. The molecule has 0 unspecified atom stereocenters. The van der Waals surface area contributed by atoms with Crippen molar-refractivity contribution in [2.24, 2.45) is 0 Å². The van der Waals surface area contributed by atoms with Gasteiger partial charge in [0.05, 0.1) is 4.88 Å². The average molecular weight is 669 g/mol. The van der Waals surface area contributed by atoms with Crippen LogP contribution in [-0.2, 0) is 0 Å². The molecule has 0 aliphatic rings. The molecular formula is C48H28O2S. The van der Waals surface area contributed by atoms with Crippen molar-refractivity contribution < 1.29 is 8.83 Å². The van der Waals surface area contributed by atoms with Gasteiger partial charge in [0.15, 0.2) is 5.76 Å². The van der Waals surface area contributed by atoms with Crippen molar-refractivity contribution in [2.45, 2.75) is 0 Å². The smallest absolute Gasteiger partial charge is 0.153 e. The maximum atomic E-state index is 6.73. The van der Waals surface area contributed by atoms with Gasteiger partial charge in [0, 0.05) is 21.7 Å². The van der Waals surface area contributed by atoms with E-state index >= 15 is 0 Å². The van der Waals surface area contributed by atoms with Crippen molar-refractivity contribution in [1.82, 2.24) is 0 Å². The van der Waals surface area contributed by atoms with Crippen LogP contribution in [0.15, 0.2) is 178 Å². The highest BCUT2D eigenvalue weighted by molar-refractivity contribution is 7.13. The zero-order chi connectivity index (χ0) is 33.5. The average Bonchev–Trinajstić information content (AvgIpc) is 3.94. The third kappa shape index (κ3) is 4.29. The third-order valence-electron chi connectivity index (χ3n) is 10.3. The van der Waals surface area contributed by atoms with Gasteiger partial charge >= 0.3 is 0 Å². The van der Waals surface area contributed by atoms with E-state index in [9.17, 15) is 0 Å². The summed E-state index contributed by atoms with van der Waals surface area (Å²) in [5.41, 5.74) is 9.57. The van der Waals surface area contributed by atoms with Crippen molar-refractivity contribution >= 4 is 76.6 Å². The summed E-state index contributed by atoms with van der Waals surface area (Å²) in [6, 6.07) is 58.8. The molecule has 2 nitrogen and oxygen atoms in total. The molecule has 0 spiro atoms. The Hall–Kier alpha value is -6.42. The van der Waals surface area contributed by atoms with Gasteiger partial charge in [-0.25, -0.2) is 0 Å². The minimum atomic E-state index is 0.859. The molecule has 0 amide bonds. The first kappa shape index (κ1) is 28.4. The third-order valence-corrected chi connectivity index (χ3v) is 11.2. The minimum absolute atomic E-state index is 0.859. The molecule has 0 aliphatic carbocycles. The molecule has 238 valence electrons. The molecule has 3 heterocycles. The van der Waals surface area contributed by atoms with E-state index in [1.54, 1.807) is 11.3 Å². The second-order valence-electron chi connectivity index (χ2n) is 13.2. The van der Waals surface area contributed by atoms with Crippen LogP contribution < -0.4 is 0 Å². The van der Waals surface area contributed by atoms with Crippen molar-refractivity contribution in [3.63, 3.8) is 0 Å². The van der Waals surface area contributed by atoms with E-state index in [1.807, 2.05) is 12.1 Å². The molecule has 3 aromatic heterocycles. The molecule has 0 radical (unpaired) electrons. The summed E-state index contributed by atoms with van der Waals surface area (Å²) in [6.45, 7) is 0. The van der Waals surface area contributed by atoms with E-state index in [2.05, 4.69) is 157 Å². The number of rotatable bonds is 4. The van der Waals surface area contributed by atoms with Gasteiger partial charge in [-0.3, -0.25) is 0 Å². The topological polar surface area (TPSA) is 26.3 Å². The maximum absolute atomic E-state index is 6.73. The minimum Gasteiger partial charge on any atom is -0.456 e. The molecule has 8 aromatic carbocycles. The lowest BCUT2D eigenvalue weighted by Crippen LogP contribution is -1.92. The van der Waals surface area contributed by atoms with Crippen LogP contribution in [0.4, 0.5) is 0 Å². The fraction of sp³-hybridized carbons (Fsp3) is 0. The lowest BCUT2D eigenvalue weighted by molar-refractivity contribution is 0.634. The van der Waals surface area contributed by atoms with Gasteiger partial charge in [0.2, 0.25) is 0 Å². The Bertz CT molecular complexity index is 3080. The summed E-state index contributed by atoms with van der Waals surface area (Å²) in [7, 11) is 0. The highest BCUT2D eigenvalue weighted by atomic mass is 32.1. The standard InChI is InChI=1S/C48H28O2S/c1-2-13-30-26-31(24-23-29(30)12-1)44-33-14-3-5-16-35(33)46(36-17-6-4-15-34(36)44)39-27-32(28-42-47(39)38-19-8-9-20-40(38)49-42)45-37-18-7-10-21-41(37)50-48(45)43-22-11-25-51-43/h1-28H. The van der Waals surface area contributed by atoms with Gasteiger partial charge in [-0.15, -0.1) is 11.3 Å². The van der Waals surface area contributed by atoms with Crippen molar-refractivity contribution in [1.29, 1.82) is 0 Å². The Morgan fingerprint density at radius 3 is 1.69 bits per heavy atom. The van der Waals surface area contributed by atoms with Gasteiger partial charge < -0.3 is 8.83 Å². The number of hydrogen-bond acceptors (Lipinski definition) is 3. The van der Waals surface area contributed by atoms with Crippen LogP contribution in [0.1, 0.15) is 0 Å². The SMILES string of the molecule is c1csc(-c2oc3ccccc3c2-c2cc(-c3c4ccccc4c(-c4ccc5ccccc5c4)c4ccccc34)c3c(c2)oc2ccccc23)c1. The summed E-state index contributed by atoms with van der Waals surface area (Å²) in [4.78, 5) is 1.10. The number of fused-ring (bicyclic) bond motifs is 7. The molecule has 0 N–H and O–H groups in total. The van der Waals surface area contributed by atoms with E-state index in [4.69, 9.17) is 8.83 Å². The molecule has 51 heavy (non-hydrogen) atoms. The number of thiophene rings is 1. The Morgan fingerprint density at radius 2 is 0.980 bits per heavy atom. The fourth-order valence-corrected chi connectivity index (χ4v) is 8.90. The first-order valence-corrected chi connectivity index (χ1v) is 18.1. The van der Waals surface area contributed by atoms with Gasteiger partial charge in [-0.1, -0.05) is 127 Å². The van der Waals surface area contributed by atoms with Crippen LogP contribution in [0.3, 0.4) is 0 Å². The Labute approximate surface area is 297 Å². The molecule has 0 bridgehead atoms. The number of para-hydroxylation sites is 2. The molecule has 11 aromatic rings. The van der Waals surface area contributed by atoms with Crippen LogP contribution in [0.25, 0.3) is 109 Å². The normalized spacial score (nSPS) is 11.9. The predicted octanol–water partition coefficient (Wildman–Crippen LogP) is 14.5. The van der Waals surface area contributed by atoms with Gasteiger partial charge in [-0.05, 0) is 102 Å². The van der Waals surface area contributed by atoms with Crippen molar-refractivity contribution in [3.8, 4) is 44.0 Å². The number of hydrogen-bond donors (Lipinski definition) is 0. The second kappa shape index (κ2) is 11.0. The fourth-order valence-electron chi connectivity index (χ4n) is 8.18. The Balaban J connectivity index is 1.29. The van der Waals surface area contributed by atoms with E-state index in [0.29, 0.717) is 0 Å². The summed E-state index contributed by atoms with van der Waals surface area (Å²) in [5, 5.41) is 12.8. The van der Waals surface area contributed by atoms with Gasteiger partial charge in [0.1, 0.15) is 16.7 Å². The summed E-state index contributed by atoms with van der Waals surface area (Å²) in [5.74, 6) is 0.883. The molecule has 0 saturated heterocycles. The Morgan fingerprint density at radius 1 is 0.373 bits per heavy atom. The van der Waals surface area contributed by atoms with Crippen LogP contribution >= 0.6 is 11.3 Å². The van der Waals surface area contributed by atoms with Crippen molar-refractivity contribution in [3.05, 3.63) is 169 Å². The van der Waals surface area contributed by atoms with Gasteiger partial charge in [-0.2, -0.15) is 0 Å². The Kier molecular flexibility index (Phi) is 6.16. The number of benzene rings is 8. The quantitative estimate of drug-likeness (QED) is 0.175. The first-order valence-electron chi connectivity index (χ1n) is 17.2. The van der Waals surface area contributed by atoms with E-state index < -0.39 is 0 Å². The molecule has 3 heteroatoms. The first-order chi connectivity index (χ1) is 25.3. The van der Waals surface area contributed by atoms with E-state index in [0.717, 1.165) is 60.2 Å². The van der Waals surface area contributed by atoms with E-state index in [1.165, 1.54) is 49.0 Å². The number of furan rings is 2. The van der Waals surface area contributed by atoms with Crippen LogP contribution in [-0.4, -0.2) is 0 Å². The lowest BCUT2D eigenvalue weighted by atomic mass is 9.83. The summed E-state index contributed by atoms with van der Waals surface area (Å²) < 4.78 is 13.4. The van der Waals surface area contributed by atoms with Crippen molar-refractivity contribution in [2.75, 3.05) is 0 Å². The highest BCUT2D eigenvalue weighted by Gasteiger charge is 2.24. The van der Waals surface area contributed by atoms with Crippen LogP contribution in [0, 0.1) is 0 Å². The zero-order valence-corrected chi connectivity index (χ0v) is 28.2. The molecule has 0 fully saturated rings. The molecule has 0 aliphatic heterocycles. The van der Waals surface area contributed by atoms with E-state index in [-0.39, 0.29) is 0 Å². The highest BCUT2D eigenvalue weighted by Crippen LogP contribution is 2.50. The summed E-state index contributed by atoms with van der Waals surface area (Å²) in [6.07, 6.45) is 0.